The van der Waals surface area contributed by atoms with E-state index in [9.17, 15) is 0 Å². The van der Waals surface area contributed by atoms with Crippen LogP contribution in [0.15, 0.2) is 59.6 Å². The molecule has 21 heavy (non-hydrogen) atoms. The van der Waals surface area contributed by atoms with Gasteiger partial charge in [-0.25, -0.2) is 4.99 Å². The van der Waals surface area contributed by atoms with Crippen LogP contribution < -0.4 is 11.1 Å². The number of guanidine groups is 1. The highest BCUT2D eigenvalue weighted by Gasteiger charge is 2.18. The van der Waals surface area contributed by atoms with Crippen LogP contribution in [0, 0.1) is 0 Å². The van der Waals surface area contributed by atoms with Crippen LogP contribution in [0.5, 0.6) is 0 Å². The monoisotopic (exact) mass is 279 g/mol. The molecule has 1 aliphatic rings. The highest BCUT2D eigenvalue weighted by molar-refractivity contribution is 5.78. The van der Waals surface area contributed by atoms with Gasteiger partial charge in [-0.3, -0.25) is 0 Å². The normalized spacial score (nSPS) is 18.1. The molecule has 1 unspecified atom stereocenters. The fourth-order valence-corrected chi connectivity index (χ4v) is 2.84. The predicted molar refractivity (Wildman–Crippen MR) is 87.2 cm³/mol. The number of rotatable bonds is 3. The molecule has 0 amide bonds. The smallest absolute Gasteiger partial charge is 0.189 e. The Morgan fingerprint density at radius 3 is 2.57 bits per heavy atom. The van der Waals surface area contributed by atoms with Gasteiger partial charge < -0.3 is 11.1 Å². The van der Waals surface area contributed by atoms with E-state index < -0.39 is 0 Å². The van der Waals surface area contributed by atoms with Crippen molar-refractivity contribution in [3.05, 3.63) is 71.3 Å². The van der Waals surface area contributed by atoms with E-state index in [1.165, 1.54) is 16.7 Å². The summed E-state index contributed by atoms with van der Waals surface area (Å²) in [5.41, 5.74) is 10.1. The van der Waals surface area contributed by atoms with Crippen molar-refractivity contribution in [1.29, 1.82) is 0 Å². The molecular weight excluding hydrogens is 258 g/mol. The number of hydrogen-bond donors (Lipinski definition) is 2. The van der Waals surface area contributed by atoms with Crippen molar-refractivity contribution < 1.29 is 0 Å². The largest absolute Gasteiger partial charge is 0.370 e. The summed E-state index contributed by atoms with van der Waals surface area (Å²) in [6.07, 6.45) is 3.25. The SMILES string of the molecule is NC(=NCc1ccccc1)NC1CCc2ccccc2C1. The number of benzene rings is 2. The van der Waals surface area contributed by atoms with Crippen LogP contribution in [0.1, 0.15) is 23.1 Å². The number of fused-ring (bicyclic) bond motifs is 1. The second-order valence-electron chi connectivity index (χ2n) is 5.54. The van der Waals surface area contributed by atoms with Crippen LogP contribution in [0.25, 0.3) is 0 Å². The van der Waals surface area contributed by atoms with Crippen molar-refractivity contribution in [1.82, 2.24) is 5.32 Å². The second kappa shape index (κ2) is 6.44. The maximum absolute atomic E-state index is 6.01. The molecule has 0 aromatic heterocycles. The van der Waals surface area contributed by atoms with Crippen LogP contribution in [0.2, 0.25) is 0 Å². The van der Waals surface area contributed by atoms with E-state index in [-0.39, 0.29) is 0 Å². The Labute approximate surface area is 125 Å². The van der Waals surface area contributed by atoms with Gasteiger partial charge in [-0.2, -0.15) is 0 Å². The van der Waals surface area contributed by atoms with Gasteiger partial charge in [-0.15, -0.1) is 0 Å². The van der Waals surface area contributed by atoms with E-state index in [2.05, 4.69) is 46.7 Å². The van der Waals surface area contributed by atoms with Crippen LogP contribution in [-0.4, -0.2) is 12.0 Å². The van der Waals surface area contributed by atoms with Crippen molar-refractivity contribution in [2.24, 2.45) is 10.7 Å². The van der Waals surface area contributed by atoms with Crippen LogP contribution in [0.4, 0.5) is 0 Å². The van der Waals surface area contributed by atoms with E-state index in [0.717, 1.165) is 19.3 Å². The van der Waals surface area contributed by atoms with E-state index >= 15 is 0 Å². The molecular formula is C18H21N3. The lowest BCUT2D eigenvalue weighted by Gasteiger charge is -2.25. The van der Waals surface area contributed by atoms with Gasteiger partial charge in [0.2, 0.25) is 0 Å². The summed E-state index contributed by atoms with van der Waals surface area (Å²) in [5, 5.41) is 3.36. The Morgan fingerprint density at radius 1 is 1.05 bits per heavy atom. The highest BCUT2D eigenvalue weighted by atomic mass is 15.1. The first-order chi connectivity index (χ1) is 10.3. The van der Waals surface area contributed by atoms with Gasteiger partial charge in [0.1, 0.15) is 0 Å². The summed E-state index contributed by atoms with van der Waals surface area (Å²) in [5.74, 6) is 0.545. The molecule has 2 aromatic rings. The molecule has 3 heteroatoms. The van der Waals surface area contributed by atoms with Gasteiger partial charge in [0.25, 0.3) is 0 Å². The van der Waals surface area contributed by atoms with Gasteiger partial charge in [0.15, 0.2) is 5.96 Å². The molecule has 0 bridgehead atoms. The number of hydrogen-bond acceptors (Lipinski definition) is 1. The molecule has 3 N–H and O–H groups in total. The van der Waals surface area contributed by atoms with Crippen molar-refractivity contribution in [3.63, 3.8) is 0 Å². The second-order valence-corrected chi connectivity index (χ2v) is 5.54. The molecule has 0 aliphatic heterocycles. The standard InChI is InChI=1S/C18H21N3/c19-18(20-13-14-6-2-1-3-7-14)21-17-11-10-15-8-4-5-9-16(15)12-17/h1-9,17H,10-13H2,(H3,19,20,21). The summed E-state index contributed by atoms with van der Waals surface area (Å²) in [7, 11) is 0. The van der Waals surface area contributed by atoms with Gasteiger partial charge in [-0.1, -0.05) is 54.6 Å². The van der Waals surface area contributed by atoms with Gasteiger partial charge in [0.05, 0.1) is 6.54 Å². The molecule has 2 aromatic carbocycles. The maximum atomic E-state index is 6.01. The molecule has 1 atom stereocenters. The summed E-state index contributed by atoms with van der Waals surface area (Å²) in [6.45, 7) is 0.628. The Bertz CT molecular complexity index is 619. The topological polar surface area (TPSA) is 50.4 Å². The predicted octanol–water partition coefficient (Wildman–Crippen LogP) is 2.65. The zero-order valence-corrected chi connectivity index (χ0v) is 12.1. The van der Waals surface area contributed by atoms with Gasteiger partial charge in [0, 0.05) is 6.04 Å². The first kappa shape index (κ1) is 13.7. The maximum Gasteiger partial charge on any atom is 0.189 e. The zero-order valence-electron chi connectivity index (χ0n) is 12.1. The average Bonchev–Trinajstić information content (AvgIpc) is 2.54. The number of nitrogens with one attached hydrogen (secondary N) is 1. The minimum absolute atomic E-state index is 0.388. The molecule has 3 rings (SSSR count). The van der Waals surface area contributed by atoms with E-state index in [0.29, 0.717) is 18.5 Å². The molecule has 0 radical (unpaired) electrons. The number of nitrogens with zero attached hydrogens (tertiary/aromatic N) is 1. The number of aryl methyl sites for hydroxylation is 1. The first-order valence-electron chi connectivity index (χ1n) is 7.48. The third-order valence-electron chi connectivity index (χ3n) is 3.97. The lowest BCUT2D eigenvalue weighted by Crippen LogP contribution is -2.43. The number of aliphatic imine (C=N–C) groups is 1. The summed E-state index contributed by atoms with van der Waals surface area (Å²) in [4.78, 5) is 4.43. The Kier molecular flexibility index (Phi) is 4.20. The molecule has 0 fully saturated rings. The van der Waals surface area contributed by atoms with Crippen molar-refractivity contribution >= 4 is 5.96 Å². The summed E-state index contributed by atoms with van der Waals surface area (Å²) >= 11 is 0. The molecule has 3 nitrogen and oxygen atoms in total. The fourth-order valence-electron chi connectivity index (χ4n) is 2.84. The van der Waals surface area contributed by atoms with Gasteiger partial charge >= 0.3 is 0 Å². The van der Waals surface area contributed by atoms with E-state index in [1.54, 1.807) is 0 Å². The molecule has 0 heterocycles. The minimum Gasteiger partial charge on any atom is -0.370 e. The quantitative estimate of drug-likeness (QED) is 0.670. The molecule has 0 saturated heterocycles. The lowest BCUT2D eigenvalue weighted by atomic mass is 9.88. The van der Waals surface area contributed by atoms with Crippen LogP contribution >= 0.6 is 0 Å². The molecule has 108 valence electrons. The van der Waals surface area contributed by atoms with Crippen LogP contribution in [0.3, 0.4) is 0 Å². The Morgan fingerprint density at radius 2 is 1.76 bits per heavy atom. The van der Waals surface area contributed by atoms with E-state index in [4.69, 9.17) is 5.73 Å². The summed E-state index contributed by atoms with van der Waals surface area (Å²) in [6, 6.07) is 19.2. The Hall–Kier alpha value is -2.29. The Balaban J connectivity index is 1.57. The van der Waals surface area contributed by atoms with Gasteiger partial charge in [-0.05, 0) is 36.0 Å². The minimum atomic E-state index is 0.388. The lowest BCUT2D eigenvalue weighted by molar-refractivity contribution is 0.526. The van der Waals surface area contributed by atoms with Crippen molar-refractivity contribution in [2.45, 2.75) is 31.8 Å². The molecule has 0 spiro atoms. The average molecular weight is 279 g/mol. The fraction of sp³-hybridized carbons (Fsp3) is 0.278. The number of nitrogens with two attached hydrogens (primary N) is 1. The van der Waals surface area contributed by atoms with E-state index in [1.807, 2.05) is 18.2 Å². The third kappa shape index (κ3) is 3.63. The zero-order chi connectivity index (χ0) is 14.5. The van der Waals surface area contributed by atoms with Crippen LogP contribution in [-0.2, 0) is 19.4 Å². The third-order valence-corrected chi connectivity index (χ3v) is 3.97. The first-order valence-corrected chi connectivity index (χ1v) is 7.48. The summed E-state index contributed by atoms with van der Waals surface area (Å²) < 4.78 is 0. The highest BCUT2D eigenvalue weighted by Crippen LogP contribution is 2.20. The molecule has 1 aliphatic carbocycles. The van der Waals surface area contributed by atoms with Crippen molar-refractivity contribution in [2.75, 3.05) is 0 Å². The van der Waals surface area contributed by atoms with Crippen molar-refractivity contribution in [3.8, 4) is 0 Å². The molecule has 0 saturated carbocycles.